The molecule has 0 amide bonds. The fourth-order valence-corrected chi connectivity index (χ4v) is 1.70. The van der Waals surface area contributed by atoms with Crippen LogP contribution in [0.15, 0.2) is 30.6 Å². The number of hydrogen-bond donors (Lipinski definition) is 2. The molecular weight excluding hydrogens is 254 g/mol. The predicted octanol–water partition coefficient (Wildman–Crippen LogP) is 2.64. The minimum atomic E-state index is 0.0426. The van der Waals surface area contributed by atoms with Crippen molar-refractivity contribution in [1.29, 1.82) is 0 Å². The van der Waals surface area contributed by atoms with Gasteiger partial charge in [0.25, 0.3) is 0 Å². The Morgan fingerprint density at radius 2 is 2.05 bits per heavy atom. The quantitative estimate of drug-likeness (QED) is 0.786. The number of rotatable bonds is 6. The van der Waals surface area contributed by atoms with E-state index in [-0.39, 0.29) is 5.78 Å². The second kappa shape index (κ2) is 6.60. The fraction of sp³-hybridized carbons (Fsp3) is 0.286. The van der Waals surface area contributed by atoms with Crippen molar-refractivity contribution in [3.63, 3.8) is 0 Å². The van der Waals surface area contributed by atoms with Gasteiger partial charge in [-0.25, -0.2) is 4.98 Å². The lowest BCUT2D eigenvalue weighted by Gasteiger charge is -2.07. The van der Waals surface area contributed by atoms with Gasteiger partial charge in [-0.05, 0) is 24.6 Å². The van der Waals surface area contributed by atoms with Gasteiger partial charge < -0.3 is 10.6 Å². The van der Waals surface area contributed by atoms with Crippen LogP contribution in [0.2, 0.25) is 0 Å². The fourth-order valence-electron chi connectivity index (χ4n) is 1.70. The average molecular weight is 271 g/mol. The van der Waals surface area contributed by atoms with E-state index in [2.05, 4.69) is 25.6 Å². The van der Waals surface area contributed by atoms with Crippen molar-refractivity contribution in [3.8, 4) is 0 Å². The van der Waals surface area contributed by atoms with Gasteiger partial charge in [0.1, 0.15) is 11.5 Å². The molecular formula is C14H17N5O. The third-order valence-corrected chi connectivity index (χ3v) is 2.69. The van der Waals surface area contributed by atoms with Crippen molar-refractivity contribution >= 4 is 23.2 Å². The van der Waals surface area contributed by atoms with E-state index in [0.29, 0.717) is 18.1 Å². The summed E-state index contributed by atoms with van der Waals surface area (Å²) in [7, 11) is 1.79. The van der Waals surface area contributed by atoms with Gasteiger partial charge in [-0.3, -0.25) is 9.78 Å². The molecule has 0 saturated heterocycles. The topological polar surface area (TPSA) is 79.8 Å². The minimum Gasteiger partial charge on any atom is -0.373 e. The SMILES string of the molecule is CCCC(=O)c1cc(Nc2nccc(NC)n2)ccn1. The van der Waals surface area contributed by atoms with E-state index >= 15 is 0 Å². The van der Waals surface area contributed by atoms with Crippen molar-refractivity contribution in [1.82, 2.24) is 15.0 Å². The van der Waals surface area contributed by atoms with Crippen LogP contribution in [0.5, 0.6) is 0 Å². The number of Topliss-reactive ketones (excluding diaryl/α,β-unsaturated/α-hetero) is 1. The lowest BCUT2D eigenvalue weighted by Crippen LogP contribution is -2.04. The van der Waals surface area contributed by atoms with Gasteiger partial charge >= 0.3 is 0 Å². The van der Waals surface area contributed by atoms with Crippen LogP contribution in [0.1, 0.15) is 30.3 Å². The zero-order chi connectivity index (χ0) is 14.4. The highest BCUT2D eigenvalue weighted by molar-refractivity contribution is 5.95. The summed E-state index contributed by atoms with van der Waals surface area (Å²) in [6, 6.07) is 5.26. The number of carbonyl (C=O) groups is 1. The Morgan fingerprint density at radius 1 is 1.25 bits per heavy atom. The van der Waals surface area contributed by atoms with Gasteiger partial charge in [-0.1, -0.05) is 6.92 Å². The van der Waals surface area contributed by atoms with Crippen LogP contribution in [-0.4, -0.2) is 27.8 Å². The molecule has 0 unspecified atom stereocenters. The van der Waals surface area contributed by atoms with Crippen LogP contribution in [0.25, 0.3) is 0 Å². The molecule has 2 aromatic rings. The van der Waals surface area contributed by atoms with Crippen molar-refractivity contribution < 1.29 is 4.79 Å². The van der Waals surface area contributed by atoms with Crippen molar-refractivity contribution in [2.45, 2.75) is 19.8 Å². The first-order valence-corrected chi connectivity index (χ1v) is 6.50. The molecule has 6 heteroatoms. The number of carbonyl (C=O) groups excluding carboxylic acids is 1. The van der Waals surface area contributed by atoms with E-state index < -0.39 is 0 Å². The zero-order valence-electron chi connectivity index (χ0n) is 11.6. The van der Waals surface area contributed by atoms with Crippen LogP contribution in [0, 0.1) is 0 Å². The molecule has 0 aliphatic carbocycles. The third kappa shape index (κ3) is 3.50. The summed E-state index contributed by atoms with van der Waals surface area (Å²) >= 11 is 0. The number of nitrogens with zero attached hydrogens (tertiary/aromatic N) is 3. The molecule has 0 atom stereocenters. The summed E-state index contributed by atoms with van der Waals surface area (Å²) < 4.78 is 0. The molecule has 0 aliphatic heterocycles. The van der Waals surface area contributed by atoms with Crippen LogP contribution in [-0.2, 0) is 0 Å². The van der Waals surface area contributed by atoms with Gasteiger partial charge in [0.2, 0.25) is 5.95 Å². The molecule has 0 saturated carbocycles. The van der Waals surface area contributed by atoms with Gasteiger partial charge in [0, 0.05) is 31.5 Å². The summed E-state index contributed by atoms with van der Waals surface area (Å²) in [5, 5.41) is 6.00. The van der Waals surface area contributed by atoms with Crippen LogP contribution in [0.4, 0.5) is 17.5 Å². The number of nitrogens with one attached hydrogen (secondary N) is 2. The van der Waals surface area contributed by atoms with Gasteiger partial charge in [-0.15, -0.1) is 0 Å². The van der Waals surface area contributed by atoms with E-state index in [4.69, 9.17) is 0 Å². The molecule has 0 aliphatic rings. The Balaban J connectivity index is 2.16. The molecule has 0 spiro atoms. The Morgan fingerprint density at radius 3 is 2.80 bits per heavy atom. The van der Waals surface area contributed by atoms with Crippen LogP contribution < -0.4 is 10.6 Å². The molecule has 20 heavy (non-hydrogen) atoms. The number of ketones is 1. The lowest BCUT2D eigenvalue weighted by atomic mass is 10.1. The third-order valence-electron chi connectivity index (χ3n) is 2.69. The Bertz CT molecular complexity index is 600. The monoisotopic (exact) mass is 271 g/mol. The molecule has 104 valence electrons. The maximum absolute atomic E-state index is 11.8. The lowest BCUT2D eigenvalue weighted by molar-refractivity contribution is 0.0977. The zero-order valence-corrected chi connectivity index (χ0v) is 11.6. The summed E-state index contributed by atoms with van der Waals surface area (Å²) in [6.45, 7) is 1.97. The minimum absolute atomic E-state index is 0.0426. The maximum atomic E-state index is 11.8. The van der Waals surface area contributed by atoms with Crippen LogP contribution >= 0.6 is 0 Å². The molecule has 0 bridgehead atoms. The highest BCUT2D eigenvalue weighted by Gasteiger charge is 2.07. The van der Waals surface area contributed by atoms with Gasteiger partial charge in [-0.2, -0.15) is 4.98 Å². The molecule has 2 N–H and O–H groups in total. The Hall–Kier alpha value is -2.50. The normalized spacial score (nSPS) is 10.1. The summed E-state index contributed by atoms with van der Waals surface area (Å²) in [4.78, 5) is 24.3. The molecule has 0 fully saturated rings. The standard InChI is InChI=1S/C14H17N5O/c1-3-4-12(20)11-9-10(5-7-16-11)18-14-17-8-6-13(15-2)19-14/h5-9H,3-4H2,1-2H3,(H2,15,16,17,18,19). The summed E-state index contributed by atoms with van der Waals surface area (Å²) in [6.07, 6.45) is 4.58. The molecule has 2 aromatic heterocycles. The predicted molar refractivity (Wildman–Crippen MR) is 78.3 cm³/mol. The highest BCUT2D eigenvalue weighted by Crippen LogP contribution is 2.15. The molecule has 0 radical (unpaired) electrons. The Kier molecular flexibility index (Phi) is 4.60. The van der Waals surface area contributed by atoms with E-state index in [1.54, 1.807) is 37.6 Å². The first-order chi connectivity index (χ1) is 9.72. The van der Waals surface area contributed by atoms with Gasteiger partial charge in [0.05, 0.1) is 0 Å². The highest BCUT2D eigenvalue weighted by atomic mass is 16.1. The summed E-state index contributed by atoms with van der Waals surface area (Å²) in [5.41, 5.74) is 1.20. The second-order valence-corrected chi connectivity index (χ2v) is 4.24. The largest absolute Gasteiger partial charge is 0.373 e. The van der Waals surface area contributed by atoms with Crippen LogP contribution in [0.3, 0.4) is 0 Å². The number of pyridine rings is 1. The first kappa shape index (κ1) is 13.9. The van der Waals surface area contributed by atoms with E-state index in [9.17, 15) is 4.79 Å². The van der Waals surface area contributed by atoms with E-state index in [1.807, 2.05) is 6.92 Å². The van der Waals surface area contributed by atoms with Crippen molar-refractivity contribution in [2.75, 3.05) is 17.7 Å². The molecule has 2 heterocycles. The Labute approximate surface area is 117 Å². The van der Waals surface area contributed by atoms with Gasteiger partial charge in [0.15, 0.2) is 5.78 Å². The molecule has 0 aromatic carbocycles. The molecule has 2 rings (SSSR count). The first-order valence-electron chi connectivity index (χ1n) is 6.50. The smallest absolute Gasteiger partial charge is 0.229 e. The van der Waals surface area contributed by atoms with Crippen molar-refractivity contribution in [2.24, 2.45) is 0 Å². The van der Waals surface area contributed by atoms with Crippen molar-refractivity contribution in [3.05, 3.63) is 36.3 Å². The second-order valence-electron chi connectivity index (χ2n) is 4.24. The summed E-state index contributed by atoms with van der Waals surface area (Å²) in [5.74, 6) is 1.23. The average Bonchev–Trinajstić information content (AvgIpc) is 2.48. The number of anilines is 3. The maximum Gasteiger partial charge on any atom is 0.229 e. The number of hydrogen-bond acceptors (Lipinski definition) is 6. The van der Waals surface area contributed by atoms with E-state index in [1.165, 1.54) is 0 Å². The number of aromatic nitrogens is 3. The van der Waals surface area contributed by atoms with E-state index in [0.717, 1.165) is 17.9 Å². The molecule has 6 nitrogen and oxygen atoms in total.